The summed E-state index contributed by atoms with van der Waals surface area (Å²) in [5.74, 6) is 3.87. The molecule has 94 valence electrons. The predicted octanol–water partition coefficient (Wildman–Crippen LogP) is 5.13. The number of unbranched alkanes of at least 4 members (excludes halogenated alkanes) is 1. The first-order valence-corrected chi connectivity index (χ1v) is 7.37. The largest absolute Gasteiger partial charge is 0.0654 e. The van der Waals surface area contributed by atoms with Crippen LogP contribution in [0.4, 0.5) is 0 Å². The van der Waals surface area contributed by atoms with Crippen LogP contribution in [0.15, 0.2) is 0 Å². The van der Waals surface area contributed by atoms with Gasteiger partial charge in [0.15, 0.2) is 0 Å². The summed E-state index contributed by atoms with van der Waals surface area (Å²) < 4.78 is 0. The van der Waals surface area contributed by atoms with Gasteiger partial charge >= 0.3 is 0 Å². The zero-order valence-electron chi connectivity index (χ0n) is 12.1. The lowest BCUT2D eigenvalue weighted by Gasteiger charge is -2.43. The first-order valence-electron chi connectivity index (χ1n) is 7.37. The fourth-order valence-corrected chi connectivity index (χ4v) is 5.38. The summed E-state index contributed by atoms with van der Waals surface area (Å²) in [5.41, 5.74) is 1.17. The number of hydrogen-bond donors (Lipinski definition) is 0. The molecule has 0 aromatic carbocycles. The molecule has 0 amide bonds. The molecule has 2 aliphatic rings. The molecule has 2 rings (SSSR count). The van der Waals surface area contributed by atoms with E-state index in [4.69, 9.17) is 0 Å². The van der Waals surface area contributed by atoms with E-state index in [-0.39, 0.29) is 0 Å². The van der Waals surface area contributed by atoms with Crippen molar-refractivity contribution in [2.75, 3.05) is 0 Å². The fourth-order valence-electron chi connectivity index (χ4n) is 5.38. The lowest BCUT2D eigenvalue weighted by molar-refractivity contribution is 0.0531. The van der Waals surface area contributed by atoms with Crippen LogP contribution in [0.5, 0.6) is 0 Å². The van der Waals surface area contributed by atoms with E-state index in [0.29, 0.717) is 10.8 Å². The monoisotopic (exact) mass is 222 g/mol. The zero-order chi connectivity index (χ0) is 12.1. The van der Waals surface area contributed by atoms with Gasteiger partial charge in [0.25, 0.3) is 0 Å². The Morgan fingerprint density at radius 1 is 1.12 bits per heavy atom. The Kier molecular flexibility index (Phi) is 2.92. The molecule has 2 saturated carbocycles. The van der Waals surface area contributed by atoms with Crippen molar-refractivity contribution in [1.29, 1.82) is 0 Å². The Balaban J connectivity index is 2.25. The summed E-state index contributed by atoms with van der Waals surface area (Å²) >= 11 is 0. The summed E-state index contributed by atoms with van der Waals surface area (Å²) in [5, 5.41) is 0. The second-order valence-corrected chi connectivity index (χ2v) is 7.34. The van der Waals surface area contributed by atoms with E-state index >= 15 is 0 Å². The van der Waals surface area contributed by atoms with Crippen LogP contribution in [0.1, 0.15) is 67.2 Å². The maximum Gasteiger partial charge on any atom is -0.0218 e. The molecule has 0 radical (unpaired) electrons. The van der Waals surface area contributed by atoms with Crippen molar-refractivity contribution in [3.63, 3.8) is 0 Å². The standard InChI is InChI=1S/C16H30/c1-7-8-9-13-12(3)16(6)11(2)10-14(13)15(16,4)5/h11-14H,7-10H2,1-6H3. The highest BCUT2D eigenvalue weighted by Gasteiger charge is 2.66. The Labute approximate surface area is 102 Å². The summed E-state index contributed by atoms with van der Waals surface area (Å²) in [4.78, 5) is 0. The molecule has 2 bridgehead atoms. The van der Waals surface area contributed by atoms with Crippen molar-refractivity contribution in [1.82, 2.24) is 0 Å². The van der Waals surface area contributed by atoms with E-state index in [9.17, 15) is 0 Å². The van der Waals surface area contributed by atoms with Crippen LogP contribution in [0.2, 0.25) is 0 Å². The van der Waals surface area contributed by atoms with Crippen molar-refractivity contribution in [3.05, 3.63) is 0 Å². The minimum absolute atomic E-state index is 0.574. The number of fused-ring (bicyclic) bond motifs is 2. The second-order valence-electron chi connectivity index (χ2n) is 7.34. The van der Waals surface area contributed by atoms with Crippen LogP contribution >= 0.6 is 0 Å². The van der Waals surface area contributed by atoms with Gasteiger partial charge in [-0.2, -0.15) is 0 Å². The van der Waals surface area contributed by atoms with Crippen LogP contribution < -0.4 is 0 Å². The van der Waals surface area contributed by atoms with Crippen LogP contribution in [0.25, 0.3) is 0 Å². The molecule has 5 unspecified atom stereocenters. The van der Waals surface area contributed by atoms with E-state index in [1.54, 1.807) is 0 Å². The van der Waals surface area contributed by atoms with Gasteiger partial charge in [-0.3, -0.25) is 0 Å². The molecule has 0 heteroatoms. The van der Waals surface area contributed by atoms with Gasteiger partial charge in [0, 0.05) is 0 Å². The van der Waals surface area contributed by atoms with E-state index in [1.807, 2.05) is 0 Å². The topological polar surface area (TPSA) is 0 Å². The molecule has 0 aromatic rings. The molecule has 0 spiro atoms. The molecule has 0 aliphatic heterocycles. The first-order chi connectivity index (χ1) is 7.37. The van der Waals surface area contributed by atoms with E-state index in [1.165, 1.54) is 25.7 Å². The molecule has 0 N–H and O–H groups in total. The summed E-state index contributed by atoms with van der Waals surface area (Å²) in [6.07, 6.45) is 5.77. The summed E-state index contributed by atoms with van der Waals surface area (Å²) in [7, 11) is 0. The average molecular weight is 222 g/mol. The van der Waals surface area contributed by atoms with Crippen molar-refractivity contribution in [2.45, 2.75) is 67.2 Å². The van der Waals surface area contributed by atoms with Gasteiger partial charge in [-0.25, -0.2) is 0 Å². The molecule has 0 aromatic heterocycles. The average Bonchev–Trinajstić information content (AvgIpc) is 2.47. The summed E-state index contributed by atoms with van der Waals surface area (Å²) in [6.45, 7) is 15.0. The highest BCUT2D eigenvalue weighted by Crippen LogP contribution is 2.73. The third-order valence-electron chi connectivity index (χ3n) is 6.94. The van der Waals surface area contributed by atoms with Gasteiger partial charge in [-0.05, 0) is 47.3 Å². The van der Waals surface area contributed by atoms with Gasteiger partial charge in [0.1, 0.15) is 0 Å². The Hall–Kier alpha value is 0. The van der Waals surface area contributed by atoms with Crippen LogP contribution in [0, 0.1) is 34.5 Å². The molecule has 0 heterocycles. The quantitative estimate of drug-likeness (QED) is 0.621. The maximum absolute atomic E-state index is 2.58. The molecule has 2 fully saturated rings. The lowest BCUT2D eigenvalue weighted by Crippen LogP contribution is -2.37. The minimum atomic E-state index is 0.574. The van der Waals surface area contributed by atoms with Gasteiger partial charge < -0.3 is 0 Å². The third kappa shape index (κ3) is 1.28. The van der Waals surface area contributed by atoms with Crippen LogP contribution in [-0.2, 0) is 0 Å². The molecule has 0 nitrogen and oxygen atoms in total. The highest BCUT2D eigenvalue weighted by molar-refractivity contribution is 5.14. The van der Waals surface area contributed by atoms with Crippen LogP contribution in [-0.4, -0.2) is 0 Å². The maximum atomic E-state index is 2.58. The van der Waals surface area contributed by atoms with Crippen molar-refractivity contribution in [2.24, 2.45) is 34.5 Å². The minimum Gasteiger partial charge on any atom is -0.0654 e. The molecular weight excluding hydrogens is 192 g/mol. The molecule has 16 heavy (non-hydrogen) atoms. The molecular formula is C16H30. The molecule has 2 aliphatic carbocycles. The van der Waals surface area contributed by atoms with E-state index in [2.05, 4.69) is 41.5 Å². The molecule has 5 atom stereocenters. The molecule has 0 saturated heterocycles. The Bertz CT molecular complexity index is 265. The fraction of sp³-hybridized carbons (Fsp3) is 1.00. The Morgan fingerprint density at radius 3 is 2.19 bits per heavy atom. The summed E-state index contributed by atoms with van der Waals surface area (Å²) in [6, 6.07) is 0. The van der Waals surface area contributed by atoms with E-state index in [0.717, 1.165) is 23.7 Å². The van der Waals surface area contributed by atoms with Gasteiger partial charge in [-0.1, -0.05) is 54.4 Å². The second kappa shape index (κ2) is 3.75. The first kappa shape index (κ1) is 12.5. The lowest BCUT2D eigenvalue weighted by atomic mass is 9.62. The van der Waals surface area contributed by atoms with Crippen molar-refractivity contribution >= 4 is 0 Å². The highest BCUT2D eigenvalue weighted by atomic mass is 14.7. The van der Waals surface area contributed by atoms with E-state index < -0.39 is 0 Å². The zero-order valence-corrected chi connectivity index (χ0v) is 12.1. The predicted molar refractivity (Wildman–Crippen MR) is 71.3 cm³/mol. The van der Waals surface area contributed by atoms with Crippen molar-refractivity contribution < 1.29 is 0 Å². The van der Waals surface area contributed by atoms with Gasteiger partial charge in [0.2, 0.25) is 0 Å². The Morgan fingerprint density at radius 2 is 1.75 bits per heavy atom. The van der Waals surface area contributed by atoms with Gasteiger partial charge in [0.05, 0.1) is 0 Å². The van der Waals surface area contributed by atoms with Gasteiger partial charge in [-0.15, -0.1) is 0 Å². The normalized spacial score (nSPS) is 49.9. The SMILES string of the molecule is CCCCC1C2CC(C)C(C)(C1C)C2(C)C. The van der Waals surface area contributed by atoms with Crippen LogP contribution in [0.3, 0.4) is 0 Å². The van der Waals surface area contributed by atoms with Crippen molar-refractivity contribution in [3.8, 4) is 0 Å². The smallest absolute Gasteiger partial charge is 0.0218 e. The number of hydrogen-bond acceptors (Lipinski definition) is 0. The third-order valence-corrected chi connectivity index (χ3v) is 6.94. The number of rotatable bonds is 3.